The molecular weight excluding hydrogens is 308 g/mol. The van der Waals surface area contributed by atoms with Crippen molar-refractivity contribution in [2.45, 2.75) is 0 Å². The number of benzene rings is 1. The predicted molar refractivity (Wildman–Crippen MR) is 64.0 cm³/mol. The highest BCUT2D eigenvalue weighted by atomic mass is 79.9. The van der Waals surface area contributed by atoms with Crippen molar-refractivity contribution < 1.29 is 0 Å². The third kappa shape index (κ3) is 1.91. The lowest BCUT2D eigenvalue weighted by Gasteiger charge is -2.00. The summed E-state index contributed by atoms with van der Waals surface area (Å²) in [5.41, 5.74) is 2.08. The van der Waals surface area contributed by atoms with E-state index in [2.05, 4.69) is 37.0 Å². The molecule has 4 heteroatoms. The molecule has 0 aliphatic rings. The van der Waals surface area contributed by atoms with Crippen LogP contribution in [0.5, 0.6) is 0 Å². The molecule has 1 aromatic heterocycles. The van der Waals surface area contributed by atoms with Crippen LogP contribution in [0.1, 0.15) is 0 Å². The molecule has 0 unspecified atom stereocenters. The Labute approximate surface area is 99.2 Å². The quantitative estimate of drug-likeness (QED) is 0.786. The van der Waals surface area contributed by atoms with Crippen molar-refractivity contribution in [3.05, 3.63) is 39.4 Å². The highest BCUT2D eigenvalue weighted by molar-refractivity contribution is 9.11. The first-order valence-corrected chi connectivity index (χ1v) is 5.70. The highest BCUT2D eigenvalue weighted by Crippen LogP contribution is 2.29. The number of hydrogen-bond donors (Lipinski definition) is 0. The Morgan fingerprint density at radius 3 is 2.57 bits per heavy atom. The Morgan fingerprint density at radius 1 is 1.21 bits per heavy atom. The Balaban J connectivity index is 2.52. The van der Waals surface area contributed by atoms with E-state index >= 15 is 0 Å². The molecule has 0 amide bonds. The second-order valence-electron chi connectivity index (χ2n) is 3.00. The summed E-state index contributed by atoms with van der Waals surface area (Å²) >= 11 is 6.93. The molecule has 2 rings (SSSR count). The summed E-state index contributed by atoms with van der Waals surface area (Å²) in [7, 11) is 1.91. The van der Waals surface area contributed by atoms with E-state index in [4.69, 9.17) is 0 Å². The Kier molecular flexibility index (Phi) is 2.74. The standard InChI is InChI=1S/C10H8Br2N2/c1-14-5-4-10(13-14)8-3-2-7(11)6-9(8)12/h2-6H,1H3. The summed E-state index contributed by atoms with van der Waals surface area (Å²) in [5.74, 6) is 0. The minimum absolute atomic E-state index is 0.979. The first-order chi connectivity index (χ1) is 6.66. The number of aromatic nitrogens is 2. The Bertz CT molecular complexity index is 463. The topological polar surface area (TPSA) is 17.8 Å². The fourth-order valence-electron chi connectivity index (χ4n) is 1.26. The molecule has 1 heterocycles. The van der Waals surface area contributed by atoms with Gasteiger partial charge in [-0.05, 0) is 18.2 Å². The molecule has 0 atom stereocenters. The first kappa shape index (κ1) is 9.93. The van der Waals surface area contributed by atoms with Crippen molar-refractivity contribution >= 4 is 31.9 Å². The maximum Gasteiger partial charge on any atom is 0.0934 e. The molecule has 0 aliphatic heterocycles. The van der Waals surface area contributed by atoms with Crippen LogP contribution in [0.25, 0.3) is 11.3 Å². The zero-order chi connectivity index (χ0) is 10.1. The van der Waals surface area contributed by atoms with Crippen molar-refractivity contribution in [2.24, 2.45) is 7.05 Å². The molecule has 0 radical (unpaired) electrons. The summed E-state index contributed by atoms with van der Waals surface area (Å²) in [5, 5.41) is 4.34. The molecule has 0 saturated heterocycles. The van der Waals surface area contributed by atoms with E-state index in [1.54, 1.807) is 4.68 Å². The van der Waals surface area contributed by atoms with Gasteiger partial charge in [-0.15, -0.1) is 0 Å². The average molecular weight is 316 g/mol. The van der Waals surface area contributed by atoms with E-state index in [-0.39, 0.29) is 0 Å². The molecule has 0 aliphatic carbocycles. The summed E-state index contributed by atoms with van der Waals surface area (Å²) < 4.78 is 3.90. The summed E-state index contributed by atoms with van der Waals surface area (Å²) in [6.07, 6.45) is 1.93. The molecule has 72 valence electrons. The summed E-state index contributed by atoms with van der Waals surface area (Å²) in [6.45, 7) is 0. The van der Waals surface area contributed by atoms with E-state index in [9.17, 15) is 0 Å². The van der Waals surface area contributed by atoms with Crippen LogP contribution in [0.4, 0.5) is 0 Å². The number of hydrogen-bond acceptors (Lipinski definition) is 1. The SMILES string of the molecule is Cn1ccc(-c2ccc(Br)cc2Br)n1. The number of halogens is 2. The minimum atomic E-state index is 0.979. The van der Waals surface area contributed by atoms with E-state index in [1.807, 2.05) is 37.5 Å². The maximum absolute atomic E-state index is 4.34. The smallest absolute Gasteiger partial charge is 0.0934 e. The van der Waals surface area contributed by atoms with Gasteiger partial charge in [0.1, 0.15) is 0 Å². The van der Waals surface area contributed by atoms with Gasteiger partial charge >= 0.3 is 0 Å². The molecule has 0 spiro atoms. The van der Waals surface area contributed by atoms with Gasteiger partial charge in [-0.2, -0.15) is 5.10 Å². The minimum Gasteiger partial charge on any atom is -0.275 e. The van der Waals surface area contributed by atoms with Crippen molar-refractivity contribution in [3.63, 3.8) is 0 Å². The monoisotopic (exact) mass is 314 g/mol. The molecule has 0 saturated carbocycles. The van der Waals surface area contributed by atoms with Gasteiger partial charge in [0, 0.05) is 27.8 Å². The summed E-state index contributed by atoms with van der Waals surface area (Å²) in [4.78, 5) is 0. The first-order valence-electron chi connectivity index (χ1n) is 4.12. The molecule has 1 aromatic carbocycles. The predicted octanol–water partition coefficient (Wildman–Crippen LogP) is 3.61. The van der Waals surface area contributed by atoms with Crippen LogP contribution in [0.2, 0.25) is 0 Å². The fraction of sp³-hybridized carbons (Fsp3) is 0.100. The van der Waals surface area contributed by atoms with Crippen LogP contribution in [0.3, 0.4) is 0 Å². The van der Waals surface area contributed by atoms with Gasteiger partial charge in [-0.25, -0.2) is 0 Å². The zero-order valence-corrected chi connectivity index (χ0v) is 10.7. The zero-order valence-electron chi connectivity index (χ0n) is 7.54. The Morgan fingerprint density at radius 2 is 2.00 bits per heavy atom. The van der Waals surface area contributed by atoms with Gasteiger partial charge in [-0.1, -0.05) is 37.9 Å². The lowest BCUT2D eigenvalue weighted by Crippen LogP contribution is -1.88. The van der Waals surface area contributed by atoms with Crippen molar-refractivity contribution in [3.8, 4) is 11.3 Å². The van der Waals surface area contributed by atoms with Gasteiger partial charge in [-0.3, -0.25) is 4.68 Å². The third-order valence-electron chi connectivity index (χ3n) is 1.92. The van der Waals surface area contributed by atoms with E-state index in [1.165, 1.54) is 0 Å². The van der Waals surface area contributed by atoms with E-state index < -0.39 is 0 Å². The number of nitrogens with zero attached hydrogens (tertiary/aromatic N) is 2. The van der Waals surface area contributed by atoms with Crippen LogP contribution in [-0.2, 0) is 7.05 Å². The van der Waals surface area contributed by atoms with Gasteiger partial charge < -0.3 is 0 Å². The lowest BCUT2D eigenvalue weighted by molar-refractivity contribution is 0.771. The second kappa shape index (κ2) is 3.87. The summed E-state index contributed by atoms with van der Waals surface area (Å²) in [6, 6.07) is 8.06. The lowest BCUT2D eigenvalue weighted by atomic mass is 10.2. The molecule has 0 N–H and O–H groups in total. The molecular formula is C10H8Br2N2. The largest absolute Gasteiger partial charge is 0.275 e. The van der Waals surface area contributed by atoms with Crippen LogP contribution in [0.15, 0.2) is 39.4 Å². The number of aryl methyl sites for hydroxylation is 1. The molecule has 2 aromatic rings. The van der Waals surface area contributed by atoms with Crippen LogP contribution >= 0.6 is 31.9 Å². The van der Waals surface area contributed by atoms with Crippen LogP contribution in [-0.4, -0.2) is 9.78 Å². The van der Waals surface area contributed by atoms with E-state index in [0.29, 0.717) is 0 Å². The highest BCUT2D eigenvalue weighted by Gasteiger charge is 2.05. The van der Waals surface area contributed by atoms with Gasteiger partial charge in [0.2, 0.25) is 0 Å². The molecule has 0 fully saturated rings. The van der Waals surface area contributed by atoms with Crippen LogP contribution < -0.4 is 0 Å². The third-order valence-corrected chi connectivity index (χ3v) is 3.07. The van der Waals surface area contributed by atoms with Gasteiger partial charge in [0.05, 0.1) is 5.69 Å². The normalized spacial score (nSPS) is 10.5. The fourth-order valence-corrected chi connectivity index (χ4v) is 2.51. The maximum atomic E-state index is 4.34. The average Bonchev–Trinajstić information content (AvgIpc) is 2.51. The molecule has 2 nitrogen and oxygen atoms in total. The van der Waals surface area contributed by atoms with E-state index in [0.717, 1.165) is 20.2 Å². The Hall–Kier alpha value is -0.610. The number of rotatable bonds is 1. The van der Waals surface area contributed by atoms with Crippen molar-refractivity contribution in [2.75, 3.05) is 0 Å². The van der Waals surface area contributed by atoms with Gasteiger partial charge in [0.25, 0.3) is 0 Å². The van der Waals surface area contributed by atoms with Gasteiger partial charge in [0.15, 0.2) is 0 Å². The molecule has 0 bridgehead atoms. The molecule has 14 heavy (non-hydrogen) atoms. The second-order valence-corrected chi connectivity index (χ2v) is 4.77. The van der Waals surface area contributed by atoms with Crippen molar-refractivity contribution in [1.29, 1.82) is 0 Å². The van der Waals surface area contributed by atoms with Crippen LogP contribution in [0, 0.1) is 0 Å². The van der Waals surface area contributed by atoms with Crippen molar-refractivity contribution in [1.82, 2.24) is 9.78 Å².